The molecule has 1 aliphatic carbocycles. The van der Waals surface area contributed by atoms with Crippen molar-refractivity contribution in [3.05, 3.63) is 28.2 Å². The van der Waals surface area contributed by atoms with Crippen LogP contribution in [-0.2, 0) is 6.54 Å². The minimum atomic E-state index is 0.779. The van der Waals surface area contributed by atoms with E-state index in [2.05, 4.69) is 58.2 Å². The minimum Gasteiger partial charge on any atom is -0.369 e. The predicted octanol–water partition coefficient (Wildman–Crippen LogP) is 3.55. The van der Waals surface area contributed by atoms with Gasteiger partial charge in [0.25, 0.3) is 0 Å². The molecule has 1 aliphatic rings. The Balaban J connectivity index is 2.23. The molecule has 94 valence electrons. The van der Waals surface area contributed by atoms with Crippen LogP contribution in [0.2, 0.25) is 0 Å². The lowest BCUT2D eigenvalue weighted by Crippen LogP contribution is -2.27. The number of nitrogens with one attached hydrogen (secondary N) is 1. The summed E-state index contributed by atoms with van der Waals surface area (Å²) >= 11 is 3.57. The van der Waals surface area contributed by atoms with E-state index in [1.807, 2.05) is 0 Å². The van der Waals surface area contributed by atoms with Gasteiger partial charge in [0.05, 0.1) is 0 Å². The zero-order valence-corrected chi connectivity index (χ0v) is 12.3. The molecular formula is C14H21BrN2. The van der Waals surface area contributed by atoms with Crippen LogP contribution in [0.1, 0.15) is 32.3 Å². The van der Waals surface area contributed by atoms with E-state index in [0.29, 0.717) is 0 Å². The van der Waals surface area contributed by atoms with Gasteiger partial charge < -0.3 is 10.2 Å². The maximum absolute atomic E-state index is 3.57. The monoisotopic (exact) mass is 296 g/mol. The molecule has 17 heavy (non-hydrogen) atoms. The van der Waals surface area contributed by atoms with Crippen LogP contribution in [0.3, 0.4) is 0 Å². The van der Waals surface area contributed by atoms with Crippen LogP contribution in [0.15, 0.2) is 22.7 Å². The number of hydrogen-bond acceptors (Lipinski definition) is 2. The molecule has 0 unspecified atom stereocenters. The van der Waals surface area contributed by atoms with Crippen molar-refractivity contribution in [3.8, 4) is 0 Å². The summed E-state index contributed by atoms with van der Waals surface area (Å²) < 4.78 is 1.17. The number of benzene rings is 1. The van der Waals surface area contributed by atoms with Gasteiger partial charge in [0.2, 0.25) is 0 Å². The van der Waals surface area contributed by atoms with Crippen molar-refractivity contribution in [2.24, 2.45) is 0 Å². The Hall–Kier alpha value is -0.540. The second-order valence-electron chi connectivity index (χ2n) is 4.57. The lowest BCUT2D eigenvalue weighted by molar-refractivity contribution is 0.718. The summed E-state index contributed by atoms with van der Waals surface area (Å²) in [6.07, 6.45) is 2.70. The molecule has 0 saturated heterocycles. The molecule has 3 heteroatoms. The zero-order valence-electron chi connectivity index (χ0n) is 10.7. The summed E-state index contributed by atoms with van der Waals surface area (Å²) in [7, 11) is 0. The Morgan fingerprint density at radius 2 is 2.12 bits per heavy atom. The van der Waals surface area contributed by atoms with Crippen LogP contribution in [0.4, 0.5) is 5.69 Å². The van der Waals surface area contributed by atoms with Crippen LogP contribution in [-0.4, -0.2) is 19.1 Å². The first kappa shape index (κ1) is 12.9. The van der Waals surface area contributed by atoms with Gasteiger partial charge in [-0.05, 0) is 50.1 Å². The summed E-state index contributed by atoms with van der Waals surface area (Å²) in [5, 5.41) is 3.42. The van der Waals surface area contributed by atoms with E-state index >= 15 is 0 Å². The van der Waals surface area contributed by atoms with E-state index in [-0.39, 0.29) is 0 Å². The first-order valence-corrected chi connectivity index (χ1v) is 7.31. The molecule has 1 fully saturated rings. The second-order valence-corrected chi connectivity index (χ2v) is 5.49. The fraction of sp³-hybridized carbons (Fsp3) is 0.571. The van der Waals surface area contributed by atoms with Crippen molar-refractivity contribution in [1.82, 2.24) is 5.32 Å². The van der Waals surface area contributed by atoms with Gasteiger partial charge in [-0.2, -0.15) is 0 Å². The Labute approximate surface area is 113 Å². The van der Waals surface area contributed by atoms with Crippen molar-refractivity contribution in [1.29, 1.82) is 0 Å². The molecule has 2 rings (SSSR count). The summed E-state index contributed by atoms with van der Waals surface area (Å²) in [4.78, 5) is 2.54. The zero-order chi connectivity index (χ0) is 12.3. The summed E-state index contributed by atoms with van der Waals surface area (Å²) in [5.74, 6) is 0. The highest BCUT2D eigenvalue weighted by Crippen LogP contribution is 2.34. The van der Waals surface area contributed by atoms with Gasteiger partial charge in [-0.15, -0.1) is 0 Å². The largest absolute Gasteiger partial charge is 0.369 e. The third kappa shape index (κ3) is 3.23. The highest BCUT2D eigenvalue weighted by atomic mass is 79.9. The quantitative estimate of drug-likeness (QED) is 0.864. The number of rotatable bonds is 6. The first-order valence-electron chi connectivity index (χ1n) is 6.52. The van der Waals surface area contributed by atoms with Gasteiger partial charge in [-0.3, -0.25) is 0 Å². The van der Waals surface area contributed by atoms with Crippen molar-refractivity contribution in [3.63, 3.8) is 0 Å². The van der Waals surface area contributed by atoms with Crippen LogP contribution in [0.25, 0.3) is 0 Å². The minimum absolute atomic E-state index is 0.779. The SMILES string of the molecule is CCNCc1cc(Br)ccc1N(CC)C1CC1. The number of nitrogens with zero attached hydrogens (tertiary/aromatic N) is 1. The number of halogens is 1. The molecule has 1 aromatic rings. The van der Waals surface area contributed by atoms with E-state index < -0.39 is 0 Å². The Morgan fingerprint density at radius 1 is 1.35 bits per heavy atom. The molecular weight excluding hydrogens is 276 g/mol. The summed E-state index contributed by atoms with van der Waals surface area (Å²) in [5.41, 5.74) is 2.80. The van der Waals surface area contributed by atoms with Gasteiger partial charge in [0.1, 0.15) is 0 Å². The highest BCUT2D eigenvalue weighted by Gasteiger charge is 2.29. The number of anilines is 1. The molecule has 1 N–H and O–H groups in total. The molecule has 1 saturated carbocycles. The van der Waals surface area contributed by atoms with E-state index in [4.69, 9.17) is 0 Å². The van der Waals surface area contributed by atoms with E-state index in [1.165, 1.54) is 28.6 Å². The third-order valence-electron chi connectivity index (χ3n) is 3.24. The van der Waals surface area contributed by atoms with Crippen LogP contribution in [0, 0.1) is 0 Å². The molecule has 0 amide bonds. The fourth-order valence-electron chi connectivity index (χ4n) is 2.25. The van der Waals surface area contributed by atoms with E-state index in [0.717, 1.165) is 25.7 Å². The lowest BCUT2D eigenvalue weighted by atomic mass is 10.1. The van der Waals surface area contributed by atoms with Crippen molar-refractivity contribution in [2.75, 3.05) is 18.0 Å². The maximum atomic E-state index is 3.57. The molecule has 0 heterocycles. The molecule has 2 nitrogen and oxygen atoms in total. The molecule has 1 aromatic carbocycles. The molecule has 0 radical (unpaired) electrons. The second kappa shape index (κ2) is 5.87. The smallest absolute Gasteiger partial charge is 0.0415 e. The topological polar surface area (TPSA) is 15.3 Å². The van der Waals surface area contributed by atoms with Gasteiger partial charge >= 0.3 is 0 Å². The van der Waals surface area contributed by atoms with Crippen LogP contribution < -0.4 is 10.2 Å². The molecule has 0 atom stereocenters. The lowest BCUT2D eigenvalue weighted by Gasteiger charge is -2.26. The van der Waals surface area contributed by atoms with Crippen molar-refractivity contribution >= 4 is 21.6 Å². The normalized spacial score (nSPS) is 15.0. The molecule has 0 spiro atoms. The summed E-state index contributed by atoms with van der Waals surface area (Å²) in [6, 6.07) is 7.42. The first-order chi connectivity index (χ1) is 8.26. The average Bonchev–Trinajstić information content (AvgIpc) is 3.14. The fourth-order valence-corrected chi connectivity index (χ4v) is 2.66. The molecule has 0 bridgehead atoms. The number of hydrogen-bond donors (Lipinski definition) is 1. The Morgan fingerprint density at radius 3 is 2.71 bits per heavy atom. The average molecular weight is 297 g/mol. The van der Waals surface area contributed by atoms with E-state index in [9.17, 15) is 0 Å². The van der Waals surface area contributed by atoms with Crippen LogP contribution >= 0.6 is 15.9 Å². The maximum Gasteiger partial charge on any atom is 0.0415 e. The highest BCUT2D eigenvalue weighted by molar-refractivity contribution is 9.10. The van der Waals surface area contributed by atoms with Gasteiger partial charge in [0.15, 0.2) is 0 Å². The van der Waals surface area contributed by atoms with Gasteiger partial charge in [-0.1, -0.05) is 22.9 Å². The van der Waals surface area contributed by atoms with Gasteiger partial charge in [-0.25, -0.2) is 0 Å². The summed E-state index contributed by atoms with van der Waals surface area (Å²) in [6.45, 7) is 7.47. The predicted molar refractivity (Wildman–Crippen MR) is 77.6 cm³/mol. The Bertz CT molecular complexity index is 374. The molecule has 0 aliphatic heterocycles. The third-order valence-corrected chi connectivity index (χ3v) is 3.74. The van der Waals surface area contributed by atoms with Crippen molar-refractivity contribution in [2.45, 2.75) is 39.3 Å². The Kier molecular flexibility index (Phi) is 4.46. The van der Waals surface area contributed by atoms with Crippen molar-refractivity contribution < 1.29 is 0 Å². The van der Waals surface area contributed by atoms with Crippen LogP contribution in [0.5, 0.6) is 0 Å². The van der Waals surface area contributed by atoms with Gasteiger partial charge in [0, 0.05) is 29.3 Å². The standard InChI is InChI=1S/C14H21BrN2/c1-3-16-10-11-9-12(15)5-8-14(11)17(4-2)13-6-7-13/h5,8-9,13,16H,3-4,6-7,10H2,1-2H3. The van der Waals surface area contributed by atoms with E-state index in [1.54, 1.807) is 0 Å². The molecule has 0 aromatic heterocycles.